The highest BCUT2D eigenvalue weighted by atomic mass is 35.5. The Bertz CT molecular complexity index is 1330. The number of rotatable bonds is 8. The van der Waals surface area contributed by atoms with E-state index in [0.29, 0.717) is 46.4 Å². The summed E-state index contributed by atoms with van der Waals surface area (Å²) in [7, 11) is 0. The molecule has 2 saturated heterocycles. The van der Waals surface area contributed by atoms with E-state index < -0.39 is 30.4 Å². The Morgan fingerprint density at radius 1 is 1.26 bits per heavy atom. The summed E-state index contributed by atoms with van der Waals surface area (Å²) < 4.78 is 12.8. The Balaban J connectivity index is 1.31. The van der Waals surface area contributed by atoms with Gasteiger partial charge in [0.1, 0.15) is 18.2 Å². The number of nitrogens with one attached hydrogen (secondary N) is 2. The van der Waals surface area contributed by atoms with E-state index in [1.807, 2.05) is 0 Å². The number of halogens is 1. The number of piperazine rings is 1. The number of ether oxygens (including phenoxy) is 2. The first-order chi connectivity index (χ1) is 18.3. The lowest BCUT2D eigenvalue weighted by molar-refractivity contribution is -0.152. The number of fused-ring (bicyclic) bond motifs is 1. The zero-order chi connectivity index (χ0) is 26.8. The van der Waals surface area contributed by atoms with Crippen molar-refractivity contribution in [2.75, 3.05) is 38.1 Å². The Morgan fingerprint density at radius 2 is 2.05 bits per heavy atom. The van der Waals surface area contributed by atoms with Gasteiger partial charge in [0.2, 0.25) is 0 Å². The molecule has 202 valence electrons. The maximum absolute atomic E-state index is 12.5. The van der Waals surface area contributed by atoms with Gasteiger partial charge in [0, 0.05) is 43.3 Å². The minimum atomic E-state index is -1.37. The summed E-state index contributed by atoms with van der Waals surface area (Å²) in [5.74, 6) is -0.486. The van der Waals surface area contributed by atoms with Gasteiger partial charge in [-0.3, -0.25) is 9.36 Å². The van der Waals surface area contributed by atoms with Crippen LogP contribution < -0.4 is 21.1 Å². The number of hydrogen-bond donors (Lipinski definition) is 5. The summed E-state index contributed by atoms with van der Waals surface area (Å²) in [4.78, 5) is 38.5. The van der Waals surface area contributed by atoms with Crippen LogP contribution in [-0.2, 0) is 20.9 Å². The van der Waals surface area contributed by atoms with Gasteiger partial charge in [0.25, 0.3) is 5.91 Å². The molecule has 4 heterocycles. The van der Waals surface area contributed by atoms with Crippen molar-refractivity contribution in [3.05, 3.63) is 41.4 Å². The molecule has 1 amide bonds. The normalized spacial score (nSPS) is 23.5. The van der Waals surface area contributed by atoms with Crippen LogP contribution in [0.4, 0.5) is 5.82 Å². The molecule has 38 heavy (non-hydrogen) atoms. The molecule has 2 aromatic heterocycles. The number of nitrogens with zero attached hydrogens (tertiary/aromatic N) is 5. The first-order valence-corrected chi connectivity index (χ1v) is 12.3. The second-order valence-corrected chi connectivity index (χ2v) is 9.36. The van der Waals surface area contributed by atoms with Crippen molar-refractivity contribution in [2.24, 2.45) is 5.73 Å². The van der Waals surface area contributed by atoms with Crippen molar-refractivity contribution in [3.63, 3.8) is 0 Å². The highest BCUT2D eigenvalue weighted by molar-refractivity contribution is 6.30. The van der Waals surface area contributed by atoms with E-state index in [-0.39, 0.29) is 19.1 Å². The molecule has 0 unspecified atom stereocenters. The van der Waals surface area contributed by atoms with Crippen LogP contribution in [0, 0.1) is 0 Å². The molecule has 6 N–H and O–H groups in total. The number of hydrogen-bond acceptors (Lipinski definition) is 11. The number of carboxylic acids is 1. The summed E-state index contributed by atoms with van der Waals surface area (Å²) in [6, 6.07) is 4.00. The molecule has 15 heteroatoms. The molecule has 1 aromatic carbocycles. The number of aromatic nitrogens is 4. The van der Waals surface area contributed by atoms with E-state index in [1.165, 1.54) is 17.2 Å². The van der Waals surface area contributed by atoms with Crippen LogP contribution in [0.5, 0.6) is 5.75 Å². The van der Waals surface area contributed by atoms with Crippen LogP contribution in [0.1, 0.15) is 11.8 Å². The maximum atomic E-state index is 12.5. The SMILES string of the molecule is N[C@H]1[C@@H](O)[C@H](n2cnc3c(NCc4cc(Cl)ccc4OCC(=O)N4CCNCC4)ncnc32)O[C@@H]1C(=O)O. The van der Waals surface area contributed by atoms with Crippen molar-refractivity contribution in [1.29, 1.82) is 0 Å². The van der Waals surface area contributed by atoms with Gasteiger partial charge in [0.15, 0.2) is 35.9 Å². The minimum Gasteiger partial charge on any atom is -0.483 e. The smallest absolute Gasteiger partial charge is 0.334 e. The largest absolute Gasteiger partial charge is 0.483 e. The molecule has 14 nitrogen and oxygen atoms in total. The average molecular weight is 547 g/mol. The Morgan fingerprint density at radius 3 is 2.79 bits per heavy atom. The number of aliphatic hydroxyl groups excluding tert-OH is 1. The number of imidazole rings is 1. The van der Waals surface area contributed by atoms with Crippen molar-refractivity contribution >= 4 is 40.5 Å². The molecule has 3 aromatic rings. The van der Waals surface area contributed by atoms with E-state index in [2.05, 4.69) is 25.6 Å². The van der Waals surface area contributed by atoms with Gasteiger partial charge in [-0.15, -0.1) is 0 Å². The minimum absolute atomic E-state index is 0.0930. The number of carbonyl (C=O) groups is 2. The number of amides is 1. The molecule has 5 rings (SSSR count). The molecule has 0 radical (unpaired) electrons. The third kappa shape index (κ3) is 5.21. The second kappa shape index (κ2) is 11.0. The van der Waals surface area contributed by atoms with E-state index in [4.69, 9.17) is 26.8 Å². The van der Waals surface area contributed by atoms with Crippen molar-refractivity contribution < 1.29 is 29.3 Å². The average Bonchev–Trinajstić information content (AvgIpc) is 3.48. The van der Waals surface area contributed by atoms with Crippen molar-refractivity contribution in [3.8, 4) is 5.75 Å². The summed E-state index contributed by atoms with van der Waals surface area (Å²) in [6.45, 7) is 2.93. The summed E-state index contributed by atoms with van der Waals surface area (Å²) in [6.07, 6.45) is -1.05. The third-order valence-electron chi connectivity index (χ3n) is 6.49. The van der Waals surface area contributed by atoms with E-state index >= 15 is 0 Å². The fourth-order valence-corrected chi connectivity index (χ4v) is 4.66. The highest BCUT2D eigenvalue weighted by Crippen LogP contribution is 2.32. The number of nitrogens with two attached hydrogens (primary N) is 1. The van der Waals surface area contributed by atoms with E-state index in [1.54, 1.807) is 23.1 Å². The lowest BCUT2D eigenvalue weighted by Gasteiger charge is -2.27. The zero-order valence-corrected chi connectivity index (χ0v) is 20.9. The molecule has 0 spiro atoms. The quantitative estimate of drug-likeness (QED) is 0.245. The summed E-state index contributed by atoms with van der Waals surface area (Å²) in [5, 5.41) is 26.7. The van der Waals surface area contributed by atoms with Crippen LogP contribution in [0.3, 0.4) is 0 Å². The van der Waals surface area contributed by atoms with E-state index in [9.17, 15) is 19.8 Å². The molecule has 2 aliphatic heterocycles. The van der Waals surface area contributed by atoms with E-state index in [0.717, 1.165) is 13.1 Å². The molecule has 0 saturated carbocycles. The van der Waals surface area contributed by atoms with Crippen molar-refractivity contribution in [2.45, 2.75) is 31.0 Å². The summed E-state index contributed by atoms with van der Waals surface area (Å²) in [5.41, 5.74) is 7.21. The van der Waals surface area contributed by atoms with Gasteiger partial charge < -0.3 is 41.0 Å². The Labute approximate surface area is 221 Å². The molecule has 2 aliphatic rings. The molecular weight excluding hydrogens is 520 g/mol. The van der Waals surface area contributed by atoms with Crippen LogP contribution in [0.15, 0.2) is 30.9 Å². The predicted octanol–water partition coefficient (Wildman–Crippen LogP) is -0.427. The maximum Gasteiger partial charge on any atom is 0.334 e. The van der Waals surface area contributed by atoms with Crippen LogP contribution in [-0.4, -0.2) is 97.5 Å². The fraction of sp³-hybridized carbons (Fsp3) is 0.435. The third-order valence-corrected chi connectivity index (χ3v) is 6.72. The van der Waals surface area contributed by atoms with Gasteiger partial charge in [0.05, 0.1) is 12.4 Å². The van der Waals surface area contributed by atoms with Crippen molar-refractivity contribution in [1.82, 2.24) is 29.7 Å². The van der Waals surface area contributed by atoms with Crippen LogP contribution in [0.25, 0.3) is 11.2 Å². The first kappa shape index (κ1) is 26.1. The fourth-order valence-electron chi connectivity index (χ4n) is 4.46. The number of anilines is 1. The molecule has 2 fully saturated rings. The lowest BCUT2D eigenvalue weighted by atomic mass is 10.1. The number of carboxylic acid groups (broad SMARTS) is 1. The van der Waals surface area contributed by atoms with Gasteiger partial charge in [-0.25, -0.2) is 19.7 Å². The predicted molar refractivity (Wildman–Crippen MR) is 135 cm³/mol. The number of carbonyl (C=O) groups excluding carboxylic acids is 1. The summed E-state index contributed by atoms with van der Waals surface area (Å²) >= 11 is 6.22. The molecule has 0 bridgehead atoms. The highest BCUT2D eigenvalue weighted by Gasteiger charge is 2.46. The molecule has 0 aliphatic carbocycles. The van der Waals surface area contributed by atoms with Gasteiger partial charge in [-0.05, 0) is 18.2 Å². The Kier molecular flexibility index (Phi) is 7.58. The zero-order valence-electron chi connectivity index (χ0n) is 20.2. The topological polar surface area (TPSA) is 190 Å². The number of benzene rings is 1. The Hall–Kier alpha value is -3.56. The number of aliphatic carboxylic acids is 1. The van der Waals surface area contributed by atoms with Gasteiger partial charge >= 0.3 is 5.97 Å². The lowest BCUT2D eigenvalue weighted by Crippen LogP contribution is -2.47. The van der Waals surface area contributed by atoms with Crippen LogP contribution >= 0.6 is 11.6 Å². The monoisotopic (exact) mass is 546 g/mol. The first-order valence-electron chi connectivity index (χ1n) is 12.0. The van der Waals surface area contributed by atoms with Gasteiger partial charge in [-0.1, -0.05) is 11.6 Å². The van der Waals surface area contributed by atoms with Crippen LogP contribution in [0.2, 0.25) is 5.02 Å². The van der Waals surface area contributed by atoms with Gasteiger partial charge in [-0.2, -0.15) is 0 Å². The number of aliphatic hydroxyl groups is 1. The standard InChI is InChI=1S/C23H27ClN8O6/c24-13-1-2-14(37-9-15(33)31-5-3-26-4-6-31)12(7-13)8-27-20-17-21(29-10-28-20)32(11-30-17)22-18(34)16(25)19(38-22)23(35)36/h1-2,7,10-11,16,18-19,22,26,34H,3-6,8-9,25H2,(H,35,36)(H,27,28,29)/t16-,18+,19-,22+/m0/s1. The second-order valence-electron chi connectivity index (χ2n) is 8.92. The molecule has 4 atom stereocenters. The molecular formula is C23H27ClN8O6.